The fraction of sp³-hybridized carbons (Fsp3) is 0.384. The monoisotopic (exact) mass is 1410 g/mol. The first-order valence-corrected chi connectivity index (χ1v) is 34.3. The minimum Gasteiger partial charge on any atom is -0.492 e. The highest BCUT2D eigenvalue weighted by Gasteiger charge is 2.26. The molecule has 0 atom stereocenters. The molecule has 0 unspecified atom stereocenters. The molecule has 3 aliphatic rings. The minimum absolute atomic E-state index is 0.239. The Bertz CT molecular complexity index is 3180. The van der Waals surface area contributed by atoms with Crippen molar-refractivity contribution in [2.45, 2.75) is 66.8 Å². The summed E-state index contributed by atoms with van der Waals surface area (Å²) in [7, 11) is 0. The summed E-state index contributed by atoms with van der Waals surface area (Å²) < 4.78 is 38.7. The minimum atomic E-state index is -0.770. The number of nitrogens with two attached hydrogens (primary N) is 1. The molecule has 21 heteroatoms. The number of para-hydroxylation sites is 6. The quantitative estimate of drug-likeness (QED) is 0.0229. The van der Waals surface area contributed by atoms with E-state index in [0.29, 0.717) is 64.9 Å². The van der Waals surface area contributed by atoms with Gasteiger partial charge in [0.1, 0.15) is 42.8 Å². The molecule has 7 aromatic carbocycles. The number of piperazine rings is 3. The van der Waals surface area contributed by atoms with Gasteiger partial charge in [-0.3, -0.25) is 0 Å². The van der Waals surface area contributed by atoms with Gasteiger partial charge in [0, 0.05) is 106 Å². The molecule has 7 aromatic rings. The van der Waals surface area contributed by atoms with Gasteiger partial charge in [-0.15, -0.1) is 23.2 Å². The standard InChI is InChI=1S/C20H23BrN2O3.C20H24N2O3.C12H18N2O.C8H7ClO2.C8H11NO.C5H10Cl2/c1-2-25-19-14-17(21)8-9-18(19)22-10-12-23(13-11-22)20(24)26-15-16-6-4-3-5-7-16;1-2-24-19-11-7-6-10-18(19)21-12-14-22(15-13-21)20(23)25-16-17-8-4-3-5-9-17;1-2-15-12-6-4-3-5-11(12)14-9-7-13-8-10-14;9-8(10)11-6-7-4-2-1-3-5-7;1-2-10-8-6-4-3-5-7(8)9;6-4-2-1-3-5-7/h3-9,14H,2,10-13,15H2,1H3;3-11H,2,12-16H2,1H3;3-6,13H,2,7-10H2,1H3;1-5H,6H2;3-6H,2,9H2,1H3;1-5H2. The number of carbonyl (C=O) groups is 3. The summed E-state index contributed by atoms with van der Waals surface area (Å²) >= 11 is 19.2. The lowest BCUT2D eigenvalue weighted by atomic mass is 10.2. The van der Waals surface area contributed by atoms with E-state index < -0.39 is 5.43 Å². The summed E-state index contributed by atoms with van der Waals surface area (Å²) in [6.07, 6.45) is 2.88. The molecule has 0 aromatic heterocycles. The lowest BCUT2D eigenvalue weighted by Crippen LogP contribution is -2.49. The van der Waals surface area contributed by atoms with Crippen LogP contribution in [0.1, 0.15) is 63.6 Å². The van der Waals surface area contributed by atoms with Crippen molar-refractivity contribution in [2.24, 2.45) is 0 Å². The normalized spacial score (nSPS) is 13.1. The Morgan fingerprint density at radius 1 is 0.426 bits per heavy atom. The van der Waals surface area contributed by atoms with E-state index in [1.54, 1.807) is 9.80 Å². The van der Waals surface area contributed by atoms with Crippen LogP contribution in [0.15, 0.2) is 186 Å². The molecule has 0 aliphatic carbocycles. The average Bonchev–Trinajstić information content (AvgIpc) is 0.993. The lowest BCUT2D eigenvalue weighted by Gasteiger charge is -2.36. The zero-order chi connectivity index (χ0) is 67.4. The van der Waals surface area contributed by atoms with Crippen molar-refractivity contribution < 1.29 is 47.5 Å². The molecule has 3 aliphatic heterocycles. The maximum absolute atomic E-state index is 12.3. The van der Waals surface area contributed by atoms with Crippen LogP contribution < -0.4 is 44.7 Å². The lowest BCUT2D eigenvalue weighted by molar-refractivity contribution is 0.0935. The van der Waals surface area contributed by atoms with Crippen molar-refractivity contribution in [2.75, 3.05) is 137 Å². The number of nitrogen functional groups attached to an aromatic ring is 1. The molecule has 3 heterocycles. The highest BCUT2D eigenvalue weighted by molar-refractivity contribution is 9.10. The van der Waals surface area contributed by atoms with Crippen LogP contribution in [0.4, 0.5) is 37.1 Å². The van der Waals surface area contributed by atoms with Gasteiger partial charge in [-0.25, -0.2) is 14.4 Å². The third-order valence-electron chi connectivity index (χ3n) is 14.4. The number of halogens is 4. The van der Waals surface area contributed by atoms with E-state index in [1.165, 1.54) is 12.1 Å². The maximum Gasteiger partial charge on any atom is 0.410 e. The molecule has 3 fully saturated rings. The van der Waals surface area contributed by atoms with E-state index >= 15 is 0 Å². The van der Waals surface area contributed by atoms with Gasteiger partial charge in [0.05, 0.1) is 49.2 Å². The zero-order valence-electron chi connectivity index (χ0n) is 54.7. The number of hydrogen-bond acceptors (Lipinski definition) is 15. The summed E-state index contributed by atoms with van der Waals surface area (Å²) in [5, 5.41) is 3.35. The van der Waals surface area contributed by atoms with E-state index in [9.17, 15) is 14.4 Å². The maximum atomic E-state index is 12.3. The summed E-state index contributed by atoms with van der Waals surface area (Å²) in [5.74, 6) is 5.08. The van der Waals surface area contributed by atoms with Gasteiger partial charge in [-0.2, -0.15) is 0 Å². The number of amides is 2. The Labute approximate surface area is 580 Å². The average molecular weight is 1410 g/mol. The predicted molar refractivity (Wildman–Crippen MR) is 386 cm³/mol. The van der Waals surface area contributed by atoms with Gasteiger partial charge >= 0.3 is 17.6 Å². The van der Waals surface area contributed by atoms with Gasteiger partial charge in [-0.1, -0.05) is 150 Å². The van der Waals surface area contributed by atoms with Crippen molar-refractivity contribution in [3.63, 3.8) is 0 Å². The van der Waals surface area contributed by atoms with Crippen LogP contribution in [-0.2, 0) is 34.0 Å². The van der Waals surface area contributed by atoms with Crippen LogP contribution >= 0.6 is 50.7 Å². The number of rotatable bonds is 21. The Balaban J connectivity index is 0.000000217. The first-order valence-electron chi connectivity index (χ1n) is 32.1. The SMILES string of the molecule is CCOc1cc(Br)ccc1N1CCN(C(=O)OCc2ccccc2)CC1.CCOc1ccccc1N.CCOc1ccccc1N1CCN(C(=O)OCc2ccccc2)CC1.CCOc1ccccc1N1CCNCC1.ClCCCCCCl.O=C(Cl)OCc1ccccc1. The summed E-state index contributed by atoms with van der Waals surface area (Å²) in [6.45, 7) is 21.3. The first kappa shape index (κ1) is 77.0. The largest absolute Gasteiger partial charge is 0.492 e. The van der Waals surface area contributed by atoms with E-state index in [1.807, 2.05) is 185 Å². The van der Waals surface area contributed by atoms with Crippen molar-refractivity contribution in [3.8, 4) is 23.0 Å². The van der Waals surface area contributed by atoms with Gasteiger partial charge in [0.25, 0.3) is 0 Å². The number of ether oxygens (including phenoxy) is 7. The number of hydrogen-bond donors (Lipinski definition) is 2. The second kappa shape index (κ2) is 46.4. The highest BCUT2D eigenvalue weighted by atomic mass is 79.9. The fourth-order valence-corrected chi connectivity index (χ4v) is 10.4. The van der Waals surface area contributed by atoms with E-state index in [0.717, 1.165) is 139 Å². The van der Waals surface area contributed by atoms with Gasteiger partial charge in [0.2, 0.25) is 0 Å². The van der Waals surface area contributed by atoms with Gasteiger partial charge in [0.15, 0.2) is 0 Å². The Kier molecular flexibility index (Phi) is 38.0. The second-order valence-electron chi connectivity index (χ2n) is 21.0. The molecule has 508 valence electrons. The summed E-state index contributed by atoms with van der Waals surface area (Å²) in [5.41, 5.74) is 11.8. The number of nitrogens with zero attached hydrogens (tertiary/aromatic N) is 5. The molecule has 0 spiro atoms. The third kappa shape index (κ3) is 29.3. The van der Waals surface area contributed by atoms with Crippen molar-refractivity contribution >= 4 is 91.1 Å². The molecule has 94 heavy (non-hydrogen) atoms. The van der Waals surface area contributed by atoms with Crippen LogP contribution in [0.3, 0.4) is 0 Å². The Morgan fingerprint density at radius 2 is 0.777 bits per heavy atom. The zero-order valence-corrected chi connectivity index (χ0v) is 58.6. The fourth-order valence-electron chi connectivity index (χ4n) is 9.65. The number of carbonyl (C=O) groups excluding carboxylic acids is 3. The molecule has 2 amide bonds. The second-order valence-corrected chi connectivity index (χ2v) is 23.0. The molecule has 17 nitrogen and oxygen atoms in total. The number of alkyl halides is 2. The van der Waals surface area contributed by atoms with E-state index in [-0.39, 0.29) is 18.8 Å². The van der Waals surface area contributed by atoms with Crippen LogP contribution in [0.5, 0.6) is 23.0 Å². The van der Waals surface area contributed by atoms with E-state index in [2.05, 4.69) is 64.9 Å². The smallest absolute Gasteiger partial charge is 0.410 e. The molecule has 10 rings (SSSR count). The van der Waals surface area contributed by atoms with E-state index in [4.69, 9.17) is 69.0 Å². The highest BCUT2D eigenvalue weighted by Crippen LogP contribution is 2.33. The van der Waals surface area contributed by atoms with Crippen molar-refractivity contribution in [1.82, 2.24) is 15.1 Å². The van der Waals surface area contributed by atoms with Gasteiger partial charge < -0.3 is 68.7 Å². The van der Waals surface area contributed by atoms with Crippen LogP contribution in [0.2, 0.25) is 0 Å². The Hall–Kier alpha value is -7.74. The number of benzene rings is 7. The number of unbranched alkanes of at least 4 members (excludes halogenated alkanes) is 2. The van der Waals surface area contributed by atoms with Crippen LogP contribution in [0.25, 0.3) is 0 Å². The third-order valence-corrected chi connectivity index (χ3v) is 15.5. The molecule has 0 bridgehead atoms. The molecule has 0 saturated carbocycles. The summed E-state index contributed by atoms with van der Waals surface area (Å²) in [4.78, 5) is 45.1. The molecule has 3 N–H and O–H groups in total. The topological polar surface area (TPSA) is 170 Å². The van der Waals surface area contributed by atoms with Crippen molar-refractivity contribution in [3.05, 3.63) is 203 Å². The number of nitrogens with one attached hydrogen (secondary N) is 1. The molecule has 3 saturated heterocycles. The van der Waals surface area contributed by atoms with Crippen LogP contribution in [0, 0.1) is 0 Å². The summed E-state index contributed by atoms with van der Waals surface area (Å²) in [6, 6.07) is 58.7. The predicted octanol–water partition coefficient (Wildman–Crippen LogP) is 16.2. The number of anilines is 4. The molecular weight excluding hydrogens is 1320 g/mol. The molecular formula is C73H93BrCl3N7O10. The van der Waals surface area contributed by atoms with Gasteiger partial charge in [-0.05, 0) is 112 Å². The Morgan fingerprint density at radius 3 is 1.18 bits per heavy atom. The first-order chi connectivity index (χ1) is 45.9. The molecule has 0 radical (unpaired) electrons. The van der Waals surface area contributed by atoms with Crippen LogP contribution in [-0.4, -0.2) is 144 Å². The van der Waals surface area contributed by atoms with Crippen molar-refractivity contribution in [1.29, 1.82) is 0 Å².